The van der Waals surface area contributed by atoms with Crippen LogP contribution in [0.2, 0.25) is 0 Å². The van der Waals surface area contributed by atoms with Gasteiger partial charge in [-0.2, -0.15) is 6.42 Å². The monoisotopic (exact) mass is 395 g/mol. The fourth-order valence-electron chi connectivity index (χ4n) is 0.496. The number of unbranched alkanes of at least 4 members (excludes halogenated alkanes) is 2. The van der Waals surface area contributed by atoms with Gasteiger partial charge in [-0.3, -0.25) is 0 Å². The third-order valence-corrected chi connectivity index (χ3v) is 1.05. The Hall–Kier alpha value is 0.152. The largest absolute Gasteiger partial charge is 2.00 e. The van der Waals surface area contributed by atoms with Crippen LogP contribution in [0.25, 0.3) is 0 Å². The summed E-state index contributed by atoms with van der Waals surface area (Å²) < 4.78 is 0. The minimum Gasteiger partial charge on any atom is -0.930 e. The summed E-state index contributed by atoms with van der Waals surface area (Å²) in [7, 11) is 1.53. The van der Waals surface area contributed by atoms with E-state index in [0.717, 1.165) is 6.42 Å². The zero-order valence-corrected chi connectivity index (χ0v) is 11.2. The van der Waals surface area contributed by atoms with Crippen LogP contribution in [0, 0.1) is 44.1 Å². The van der Waals surface area contributed by atoms with Crippen LogP contribution in [0.1, 0.15) is 12.8 Å². The van der Waals surface area contributed by atoms with Gasteiger partial charge in [-0.25, -0.2) is 0 Å². The van der Waals surface area contributed by atoms with Gasteiger partial charge < -0.3 is 26.9 Å². The molecule has 0 spiro atoms. The zero-order chi connectivity index (χ0) is 8.53. The van der Waals surface area contributed by atoms with Crippen LogP contribution in [0.3, 0.4) is 0 Å². The second kappa shape index (κ2) is 11.2. The topological polar surface area (TPSA) is 67.7 Å². The van der Waals surface area contributed by atoms with E-state index in [1.54, 1.807) is 6.42 Å². The van der Waals surface area contributed by atoms with Crippen LogP contribution in [-0.2, 0) is 0 Å². The molecule has 2 N–H and O–H groups in total. The molecule has 0 bridgehead atoms. The minimum atomic E-state index is -0.339. The molecule has 0 aliphatic heterocycles. The fraction of sp³-hybridized carbons (Fsp3) is 0.571. The Morgan fingerprint density at radius 3 is 2.75 bits per heavy atom. The van der Waals surface area contributed by atoms with Gasteiger partial charge in [0.2, 0.25) is 0 Å². The summed E-state index contributed by atoms with van der Waals surface area (Å²) in [5.74, 6) is 0. The van der Waals surface area contributed by atoms with Gasteiger partial charge in [0, 0.05) is 0 Å². The number of rotatable bonds is 5. The molecule has 68 valence electrons. The van der Waals surface area contributed by atoms with Crippen LogP contribution in [-0.4, -0.2) is 24.8 Å². The smallest absolute Gasteiger partial charge is 0.930 e. The van der Waals surface area contributed by atoms with Crippen molar-refractivity contribution < 1.29 is 41.3 Å². The molecule has 0 fully saturated rings. The first-order valence-electron chi connectivity index (χ1n) is 3.48. The average molecular weight is 395 g/mol. The van der Waals surface area contributed by atoms with Crippen LogP contribution >= 0.6 is 0 Å². The number of aliphatic hydroxyl groups is 1. The summed E-state index contributed by atoms with van der Waals surface area (Å²) >= 11 is 0. The summed E-state index contributed by atoms with van der Waals surface area (Å²) in [4.78, 5) is 3.54. The summed E-state index contributed by atoms with van der Waals surface area (Å²) in [6.45, 7) is 1.61. The van der Waals surface area contributed by atoms with Crippen molar-refractivity contribution in [2.75, 3.05) is 13.7 Å². The maximum atomic E-state index is 10.5. The second-order valence-corrected chi connectivity index (χ2v) is 1.92. The van der Waals surface area contributed by atoms with Gasteiger partial charge in [-0.05, 0) is 7.05 Å². The van der Waals surface area contributed by atoms with Crippen LogP contribution in [0.15, 0.2) is 4.99 Å². The minimum absolute atomic E-state index is 0. The summed E-state index contributed by atoms with van der Waals surface area (Å²) in [5.41, 5.74) is 0. The molecular formula is C7H13N2O2U-. The van der Waals surface area contributed by atoms with E-state index in [0.29, 0.717) is 6.42 Å². The van der Waals surface area contributed by atoms with Crippen LogP contribution < -0.4 is 10.4 Å². The van der Waals surface area contributed by atoms with Gasteiger partial charge in [-0.15, -0.1) is 19.0 Å². The first-order chi connectivity index (χ1) is 5.31. The third-order valence-electron chi connectivity index (χ3n) is 1.05. The standard InChI is InChI=1S/C7H14N2O2.U/c1-8-7(11)9-5-3-2-4-6-10;/h4-5,10H,2-3,6H2,1H3,(H2,8,9,11);/q-2;+2/p-1. The van der Waals surface area contributed by atoms with Crippen molar-refractivity contribution in [1.29, 1.82) is 0 Å². The van der Waals surface area contributed by atoms with Gasteiger partial charge in [0.1, 0.15) is 0 Å². The van der Waals surface area contributed by atoms with Crippen molar-refractivity contribution in [3.05, 3.63) is 13.0 Å². The molecule has 0 heterocycles. The molecule has 12 heavy (non-hydrogen) atoms. The van der Waals surface area contributed by atoms with Crippen molar-refractivity contribution in [3.8, 4) is 0 Å². The van der Waals surface area contributed by atoms with Crippen LogP contribution in [0.4, 0.5) is 0 Å². The Labute approximate surface area is 96.8 Å². The number of amidine groups is 1. The summed E-state index contributed by atoms with van der Waals surface area (Å²) in [5, 5.41) is 21.2. The van der Waals surface area contributed by atoms with E-state index >= 15 is 0 Å². The molecule has 0 unspecified atom stereocenters. The van der Waals surface area contributed by atoms with Gasteiger partial charge in [-0.1, -0.05) is 6.61 Å². The van der Waals surface area contributed by atoms with Gasteiger partial charge in [0.25, 0.3) is 0 Å². The fourth-order valence-corrected chi connectivity index (χ4v) is 0.496. The maximum Gasteiger partial charge on any atom is 2.00 e. The van der Waals surface area contributed by atoms with Crippen molar-refractivity contribution in [1.82, 2.24) is 5.32 Å². The molecule has 0 atom stereocenters. The van der Waals surface area contributed by atoms with E-state index in [2.05, 4.69) is 10.3 Å². The van der Waals surface area contributed by atoms with Gasteiger partial charge in [0.05, 0.1) is 0 Å². The van der Waals surface area contributed by atoms with Crippen molar-refractivity contribution in [3.63, 3.8) is 0 Å². The van der Waals surface area contributed by atoms with E-state index in [9.17, 15) is 5.11 Å². The SMILES string of the molecule is CNC([O-])=N[CH-]CC[CH-]CO.[U+2]. The Morgan fingerprint density at radius 2 is 2.25 bits per heavy atom. The number of nitrogens with zero attached hydrogens (tertiary/aromatic N) is 1. The summed E-state index contributed by atoms with van der Waals surface area (Å²) in [6.07, 6.45) is 3.15. The molecule has 0 aliphatic rings. The Balaban J connectivity index is 0. The Kier molecular flexibility index (Phi) is 13.6. The molecule has 0 radical (unpaired) electrons. The first-order valence-corrected chi connectivity index (χ1v) is 3.48. The first kappa shape index (κ1) is 14.7. The number of aliphatic imine (C=N–C) groups is 1. The molecule has 0 saturated carbocycles. The molecule has 0 amide bonds. The molecule has 0 rings (SSSR count). The molecule has 0 aromatic carbocycles. The number of aliphatic hydroxyl groups excluding tert-OH is 1. The number of hydrogen-bond acceptors (Lipinski definition) is 3. The number of nitrogens with one attached hydrogen (secondary N) is 1. The normalized spacial score (nSPS) is 10.3. The third kappa shape index (κ3) is 10.2. The zero-order valence-electron chi connectivity index (χ0n) is 7.08. The van der Waals surface area contributed by atoms with Crippen molar-refractivity contribution >= 4 is 6.02 Å². The Bertz CT molecular complexity index is 120. The molecule has 5 heteroatoms. The molecule has 0 saturated heterocycles. The molecule has 0 aromatic rings. The Morgan fingerprint density at radius 1 is 1.58 bits per heavy atom. The van der Waals surface area contributed by atoms with Crippen LogP contribution in [0.5, 0.6) is 0 Å². The quantitative estimate of drug-likeness (QED) is 0.273. The summed E-state index contributed by atoms with van der Waals surface area (Å²) in [6, 6.07) is -0.339. The van der Waals surface area contributed by atoms with Gasteiger partial charge >= 0.3 is 31.1 Å². The van der Waals surface area contributed by atoms with Crippen molar-refractivity contribution in [2.24, 2.45) is 4.99 Å². The molecule has 0 aliphatic carbocycles. The maximum absolute atomic E-state index is 10.5. The number of hydrogen-bond donors (Lipinski definition) is 2. The average Bonchev–Trinajstić information content (AvgIpc) is 2.04. The van der Waals surface area contributed by atoms with E-state index in [4.69, 9.17) is 5.11 Å². The van der Waals surface area contributed by atoms with E-state index in [1.807, 2.05) is 0 Å². The van der Waals surface area contributed by atoms with Gasteiger partial charge in [0.15, 0.2) is 0 Å². The predicted octanol–water partition coefficient (Wildman–Crippen LogP) is -0.939. The van der Waals surface area contributed by atoms with E-state index in [-0.39, 0.29) is 43.7 Å². The molecule has 0 aromatic heterocycles. The predicted molar refractivity (Wildman–Crippen MR) is 41.4 cm³/mol. The second-order valence-electron chi connectivity index (χ2n) is 1.92. The molecule has 4 nitrogen and oxygen atoms in total. The van der Waals surface area contributed by atoms with E-state index in [1.165, 1.54) is 13.6 Å². The van der Waals surface area contributed by atoms with E-state index < -0.39 is 0 Å². The van der Waals surface area contributed by atoms with Crippen molar-refractivity contribution in [2.45, 2.75) is 12.8 Å². The molecular weight excluding hydrogens is 382 g/mol.